The van der Waals surface area contributed by atoms with Crippen molar-refractivity contribution in [2.24, 2.45) is 0 Å². The third-order valence-corrected chi connectivity index (χ3v) is 4.19. The van der Waals surface area contributed by atoms with Gasteiger partial charge in [-0.2, -0.15) is 13.2 Å². The maximum Gasteiger partial charge on any atom is 0.421 e. The van der Waals surface area contributed by atoms with Gasteiger partial charge in [-0.1, -0.05) is 60.7 Å². The molecule has 148 valence electrons. The highest BCUT2D eigenvalue weighted by Crippen LogP contribution is 2.37. The van der Waals surface area contributed by atoms with E-state index >= 15 is 0 Å². The van der Waals surface area contributed by atoms with E-state index in [2.05, 4.69) is 4.98 Å². The lowest BCUT2D eigenvalue weighted by atomic mass is 9.98. The number of hydrogen-bond acceptors (Lipinski definition) is 3. The fourth-order valence-corrected chi connectivity index (χ4v) is 2.93. The van der Waals surface area contributed by atoms with E-state index in [1.165, 1.54) is 6.07 Å². The van der Waals surface area contributed by atoms with E-state index < -0.39 is 11.7 Å². The standard InChI is InChI=1S/C22H20F3NO.H3N/c1-2-27-21-19(22(23,24)25)15-18(13-16-9-5-3-6-10-16)20(26-21)14-17-11-7-4-8-12-17;/h3-12,15H,2,13-14H2,1H3;1H3. The summed E-state index contributed by atoms with van der Waals surface area (Å²) in [7, 11) is 0. The molecule has 3 nitrogen and oxygen atoms in total. The average Bonchev–Trinajstić information content (AvgIpc) is 2.65. The van der Waals surface area contributed by atoms with Crippen LogP contribution in [0.3, 0.4) is 0 Å². The lowest BCUT2D eigenvalue weighted by Crippen LogP contribution is -2.14. The largest absolute Gasteiger partial charge is 0.478 e. The summed E-state index contributed by atoms with van der Waals surface area (Å²) >= 11 is 0. The second kappa shape index (κ2) is 9.37. The summed E-state index contributed by atoms with van der Waals surface area (Å²) in [5.74, 6) is -0.354. The molecule has 0 spiro atoms. The van der Waals surface area contributed by atoms with Crippen LogP contribution in [0.4, 0.5) is 13.2 Å². The molecule has 3 N–H and O–H groups in total. The second-order valence-electron chi connectivity index (χ2n) is 6.20. The summed E-state index contributed by atoms with van der Waals surface area (Å²) < 4.78 is 45.8. The lowest BCUT2D eigenvalue weighted by molar-refractivity contribution is -0.139. The summed E-state index contributed by atoms with van der Waals surface area (Å²) in [6.45, 7) is 1.77. The fourth-order valence-electron chi connectivity index (χ4n) is 2.93. The van der Waals surface area contributed by atoms with Gasteiger partial charge in [0, 0.05) is 6.42 Å². The van der Waals surface area contributed by atoms with Gasteiger partial charge >= 0.3 is 6.18 Å². The van der Waals surface area contributed by atoms with Crippen molar-refractivity contribution in [3.8, 4) is 5.88 Å². The van der Waals surface area contributed by atoms with E-state index in [1.54, 1.807) is 6.92 Å². The predicted octanol–water partition coefficient (Wildman–Crippen LogP) is 5.84. The number of rotatable bonds is 6. The number of aromatic nitrogens is 1. The molecule has 0 bridgehead atoms. The van der Waals surface area contributed by atoms with Crippen molar-refractivity contribution in [1.29, 1.82) is 0 Å². The Hall–Kier alpha value is -2.86. The monoisotopic (exact) mass is 388 g/mol. The highest BCUT2D eigenvalue weighted by Gasteiger charge is 2.36. The Morgan fingerprint density at radius 1 is 0.857 bits per heavy atom. The van der Waals surface area contributed by atoms with Gasteiger partial charge in [-0.05, 0) is 36.1 Å². The third-order valence-electron chi connectivity index (χ3n) is 4.19. The fraction of sp³-hybridized carbons (Fsp3) is 0.227. The van der Waals surface area contributed by atoms with Crippen LogP contribution in [0.25, 0.3) is 0 Å². The van der Waals surface area contributed by atoms with E-state index in [0.717, 1.165) is 11.1 Å². The van der Waals surface area contributed by atoms with Crippen LogP contribution in [0.5, 0.6) is 5.88 Å². The summed E-state index contributed by atoms with van der Waals surface area (Å²) in [6.07, 6.45) is -3.69. The molecule has 1 aromatic heterocycles. The van der Waals surface area contributed by atoms with Crippen molar-refractivity contribution < 1.29 is 17.9 Å². The van der Waals surface area contributed by atoms with Crippen LogP contribution in [0.2, 0.25) is 0 Å². The number of benzene rings is 2. The maximum atomic E-state index is 13.5. The quantitative estimate of drug-likeness (QED) is 0.577. The van der Waals surface area contributed by atoms with Crippen molar-refractivity contribution in [3.05, 3.63) is 94.7 Å². The lowest BCUT2D eigenvalue weighted by Gasteiger charge is -2.17. The van der Waals surface area contributed by atoms with Crippen LogP contribution in [-0.4, -0.2) is 11.6 Å². The Morgan fingerprint density at radius 3 is 1.89 bits per heavy atom. The first-order valence-corrected chi connectivity index (χ1v) is 8.78. The number of ether oxygens (including phenoxy) is 1. The molecule has 3 aromatic rings. The minimum Gasteiger partial charge on any atom is -0.478 e. The van der Waals surface area contributed by atoms with Gasteiger partial charge in [0.25, 0.3) is 0 Å². The van der Waals surface area contributed by atoms with Gasteiger partial charge in [0.15, 0.2) is 0 Å². The number of pyridine rings is 1. The molecule has 0 aliphatic heterocycles. The summed E-state index contributed by atoms with van der Waals surface area (Å²) in [4.78, 5) is 4.28. The molecular weight excluding hydrogens is 365 g/mol. The Bertz CT molecular complexity index is 882. The van der Waals surface area contributed by atoms with Gasteiger partial charge in [-0.25, -0.2) is 4.98 Å². The van der Waals surface area contributed by atoms with E-state index in [1.807, 2.05) is 60.7 Å². The predicted molar refractivity (Wildman–Crippen MR) is 104 cm³/mol. The van der Waals surface area contributed by atoms with Crippen molar-refractivity contribution in [1.82, 2.24) is 11.1 Å². The number of nitrogens with zero attached hydrogens (tertiary/aromatic N) is 1. The molecule has 3 rings (SSSR count). The molecule has 2 aromatic carbocycles. The Balaban J connectivity index is 0.00000280. The maximum absolute atomic E-state index is 13.5. The van der Waals surface area contributed by atoms with Crippen molar-refractivity contribution in [3.63, 3.8) is 0 Å². The van der Waals surface area contributed by atoms with Crippen molar-refractivity contribution in [2.75, 3.05) is 6.61 Å². The molecule has 0 fully saturated rings. The Kier molecular flexibility index (Phi) is 7.18. The first kappa shape index (κ1) is 21.4. The molecule has 0 aliphatic carbocycles. The SMILES string of the molecule is CCOc1nc(Cc2ccccc2)c(Cc2ccccc2)cc1C(F)(F)F.N. The average molecular weight is 388 g/mol. The van der Waals surface area contributed by atoms with Gasteiger partial charge in [0.2, 0.25) is 5.88 Å². The van der Waals surface area contributed by atoms with Gasteiger partial charge < -0.3 is 10.9 Å². The topological polar surface area (TPSA) is 57.1 Å². The molecule has 0 unspecified atom stereocenters. The number of alkyl halides is 3. The molecule has 0 radical (unpaired) electrons. The summed E-state index contributed by atoms with van der Waals surface area (Å²) in [6, 6.07) is 20.2. The highest BCUT2D eigenvalue weighted by molar-refractivity contribution is 5.41. The van der Waals surface area contributed by atoms with Crippen molar-refractivity contribution in [2.45, 2.75) is 25.9 Å². The van der Waals surface area contributed by atoms with Gasteiger partial charge in [-0.3, -0.25) is 0 Å². The van der Waals surface area contributed by atoms with Crippen LogP contribution in [0.15, 0.2) is 66.7 Å². The zero-order valence-corrected chi connectivity index (χ0v) is 15.7. The van der Waals surface area contributed by atoms with Crippen LogP contribution >= 0.6 is 0 Å². The summed E-state index contributed by atoms with van der Waals surface area (Å²) in [5.41, 5.74) is 2.25. The molecule has 6 heteroatoms. The number of hydrogen-bond donors (Lipinski definition) is 1. The minimum absolute atomic E-state index is 0. The van der Waals surface area contributed by atoms with E-state index in [9.17, 15) is 13.2 Å². The Morgan fingerprint density at radius 2 is 1.39 bits per heavy atom. The van der Waals surface area contributed by atoms with Gasteiger partial charge in [-0.15, -0.1) is 0 Å². The first-order chi connectivity index (χ1) is 13.0. The van der Waals surface area contributed by atoms with E-state index in [4.69, 9.17) is 4.74 Å². The molecule has 0 atom stereocenters. The third kappa shape index (κ3) is 5.33. The molecule has 0 aliphatic rings. The first-order valence-electron chi connectivity index (χ1n) is 8.78. The molecule has 28 heavy (non-hydrogen) atoms. The Labute approximate surface area is 162 Å². The van der Waals surface area contributed by atoms with Crippen LogP contribution in [0, 0.1) is 0 Å². The molecule has 0 saturated heterocycles. The van der Waals surface area contributed by atoms with E-state index in [-0.39, 0.29) is 18.6 Å². The normalized spacial score (nSPS) is 11.0. The minimum atomic E-state index is -4.52. The van der Waals surface area contributed by atoms with Crippen molar-refractivity contribution >= 4 is 0 Å². The molecular formula is C22H23F3N2O. The molecule has 0 saturated carbocycles. The van der Waals surface area contributed by atoms with Crippen LogP contribution < -0.4 is 10.9 Å². The second-order valence-corrected chi connectivity index (χ2v) is 6.20. The van der Waals surface area contributed by atoms with Crippen LogP contribution in [0.1, 0.15) is 34.9 Å². The summed E-state index contributed by atoms with van der Waals surface area (Å²) in [5, 5.41) is 0. The molecule has 0 amide bonds. The zero-order valence-electron chi connectivity index (χ0n) is 15.7. The van der Waals surface area contributed by atoms with Gasteiger partial charge in [0.1, 0.15) is 5.56 Å². The zero-order chi connectivity index (χ0) is 19.3. The highest BCUT2D eigenvalue weighted by atomic mass is 19.4. The smallest absolute Gasteiger partial charge is 0.421 e. The molecule has 1 heterocycles. The number of halogens is 3. The van der Waals surface area contributed by atoms with Gasteiger partial charge in [0.05, 0.1) is 12.3 Å². The van der Waals surface area contributed by atoms with Crippen LogP contribution in [-0.2, 0) is 19.0 Å². The van der Waals surface area contributed by atoms with E-state index in [0.29, 0.717) is 24.1 Å².